The number of para-hydroxylation sites is 2. The summed E-state index contributed by atoms with van der Waals surface area (Å²) in [5.74, 6) is 2.13. The fourth-order valence-electron chi connectivity index (χ4n) is 4.51. The molecule has 2 aromatic carbocycles. The van der Waals surface area contributed by atoms with E-state index in [2.05, 4.69) is 54.8 Å². The molecule has 2 heterocycles. The fourth-order valence-corrected chi connectivity index (χ4v) is 4.51. The molecule has 0 aliphatic carbocycles. The van der Waals surface area contributed by atoms with E-state index in [1.54, 1.807) is 6.92 Å². The molecule has 1 amide bonds. The number of aryl methyl sites for hydroxylation is 3. The van der Waals surface area contributed by atoms with Crippen molar-refractivity contribution in [1.82, 2.24) is 14.5 Å². The molecule has 0 unspecified atom stereocenters. The van der Waals surface area contributed by atoms with E-state index in [0.717, 1.165) is 61.4 Å². The molecule has 0 bridgehead atoms. The first-order chi connectivity index (χ1) is 14.5. The van der Waals surface area contributed by atoms with E-state index < -0.39 is 0 Å². The fraction of sp³-hybridized carbons (Fsp3) is 0.440. The number of rotatable bonds is 7. The van der Waals surface area contributed by atoms with Crippen LogP contribution in [0.5, 0.6) is 5.75 Å². The van der Waals surface area contributed by atoms with Gasteiger partial charge >= 0.3 is 0 Å². The first-order valence-corrected chi connectivity index (χ1v) is 11.0. The number of carbonyl (C=O) groups is 1. The van der Waals surface area contributed by atoms with Crippen LogP contribution >= 0.6 is 0 Å². The lowest BCUT2D eigenvalue weighted by atomic mass is 10.1. The Morgan fingerprint density at radius 1 is 1.17 bits per heavy atom. The van der Waals surface area contributed by atoms with Crippen molar-refractivity contribution < 1.29 is 9.53 Å². The molecule has 0 radical (unpaired) electrons. The normalized spacial score (nSPS) is 16.4. The third-order valence-electron chi connectivity index (χ3n) is 6.00. The summed E-state index contributed by atoms with van der Waals surface area (Å²) in [4.78, 5) is 19.0. The topological polar surface area (TPSA) is 47.4 Å². The summed E-state index contributed by atoms with van der Waals surface area (Å²) >= 11 is 0. The Bertz CT molecular complexity index is 1040. The predicted molar refractivity (Wildman–Crippen MR) is 120 cm³/mol. The summed E-state index contributed by atoms with van der Waals surface area (Å²) in [5, 5.41) is 0. The molecule has 0 N–H and O–H groups in total. The Morgan fingerprint density at radius 2 is 2.00 bits per heavy atom. The first-order valence-electron chi connectivity index (χ1n) is 11.0. The molecule has 1 fully saturated rings. The van der Waals surface area contributed by atoms with E-state index in [0.29, 0.717) is 6.61 Å². The molecule has 5 heteroatoms. The van der Waals surface area contributed by atoms with E-state index in [1.807, 2.05) is 11.0 Å². The number of fused-ring (bicyclic) bond motifs is 1. The van der Waals surface area contributed by atoms with Crippen LogP contribution in [0.3, 0.4) is 0 Å². The highest BCUT2D eigenvalue weighted by atomic mass is 16.5. The second-order valence-corrected chi connectivity index (χ2v) is 8.31. The largest absolute Gasteiger partial charge is 0.493 e. The lowest BCUT2D eigenvalue weighted by Crippen LogP contribution is -2.30. The van der Waals surface area contributed by atoms with Crippen molar-refractivity contribution in [3.05, 3.63) is 59.4 Å². The van der Waals surface area contributed by atoms with Crippen LogP contribution in [0.2, 0.25) is 0 Å². The van der Waals surface area contributed by atoms with Crippen molar-refractivity contribution in [1.29, 1.82) is 0 Å². The van der Waals surface area contributed by atoms with Gasteiger partial charge in [-0.2, -0.15) is 0 Å². The number of hydrogen-bond donors (Lipinski definition) is 0. The Morgan fingerprint density at radius 3 is 2.80 bits per heavy atom. The van der Waals surface area contributed by atoms with Crippen LogP contribution < -0.4 is 4.74 Å². The quantitative estimate of drug-likeness (QED) is 0.508. The third-order valence-corrected chi connectivity index (χ3v) is 6.00. The summed E-state index contributed by atoms with van der Waals surface area (Å²) in [5.41, 5.74) is 4.60. The zero-order valence-corrected chi connectivity index (χ0v) is 18.2. The predicted octanol–water partition coefficient (Wildman–Crippen LogP) is 5.20. The van der Waals surface area contributed by atoms with Gasteiger partial charge < -0.3 is 14.2 Å². The maximum absolute atomic E-state index is 12.1. The van der Waals surface area contributed by atoms with Crippen LogP contribution in [0.1, 0.15) is 55.6 Å². The molecule has 3 aromatic rings. The molecule has 5 nitrogen and oxygen atoms in total. The third kappa shape index (κ3) is 4.20. The standard InChI is InChI=1S/C25H31N3O2/c1-18-12-13-24(19(2)17-18)30-16-7-6-14-28-22-10-5-4-9-21(22)26-25(28)23-11-8-15-27(23)20(3)29/h4-5,9-10,12-13,17,23H,6-8,11,14-16H2,1-3H3/t23-/m0/s1. The minimum Gasteiger partial charge on any atom is -0.493 e. The number of imidazole rings is 1. The second-order valence-electron chi connectivity index (χ2n) is 8.31. The Labute approximate surface area is 178 Å². The lowest BCUT2D eigenvalue weighted by molar-refractivity contribution is -0.129. The van der Waals surface area contributed by atoms with Gasteiger partial charge in [0.25, 0.3) is 0 Å². The van der Waals surface area contributed by atoms with Crippen molar-refractivity contribution in [2.75, 3.05) is 13.2 Å². The molecule has 1 aromatic heterocycles. The van der Waals surface area contributed by atoms with Crippen LogP contribution in [0.4, 0.5) is 0 Å². The molecular formula is C25H31N3O2. The zero-order valence-electron chi connectivity index (χ0n) is 18.2. The van der Waals surface area contributed by atoms with E-state index in [4.69, 9.17) is 9.72 Å². The highest BCUT2D eigenvalue weighted by molar-refractivity contribution is 5.77. The molecular weight excluding hydrogens is 374 g/mol. The molecule has 0 saturated carbocycles. The number of benzene rings is 2. The first kappa shape index (κ1) is 20.5. The molecule has 30 heavy (non-hydrogen) atoms. The molecule has 1 saturated heterocycles. The Hall–Kier alpha value is -2.82. The summed E-state index contributed by atoms with van der Waals surface area (Å²) in [6, 6.07) is 14.7. The maximum atomic E-state index is 12.1. The van der Waals surface area contributed by atoms with Gasteiger partial charge in [0.05, 0.1) is 23.7 Å². The van der Waals surface area contributed by atoms with Gasteiger partial charge in [-0.15, -0.1) is 0 Å². The number of hydrogen-bond acceptors (Lipinski definition) is 3. The molecule has 158 valence electrons. The van der Waals surface area contributed by atoms with Crippen LogP contribution in [0, 0.1) is 13.8 Å². The Kier molecular flexibility index (Phi) is 6.07. The van der Waals surface area contributed by atoms with Crippen molar-refractivity contribution in [3.8, 4) is 5.75 Å². The van der Waals surface area contributed by atoms with Gasteiger partial charge in [0.2, 0.25) is 5.91 Å². The van der Waals surface area contributed by atoms with Crippen LogP contribution in [-0.2, 0) is 11.3 Å². The van der Waals surface area contributed by atoms with E-state index in [9.17, 15) is 4.79 Å². The number of likely N-dealkylation sites (tertiary alicyclic amines) is 1. The lowest BCUT2D eigenvalue weighted by Gasteiger charge is -2.24. The Balaban J connectivity index is 1.45. The van der Waals surface area contributed by atoms with Crippen LogP contribution in [0.25, 0.3) is 11.0 Å². The van der Waals surface area contributed by atoms with Gasteiger partial charge in [-0.1, -0.05) is 29.8 Å². The summed E-state index contributed by atoms with van der Waals surface area (Å²) < 4.78 is 8.32. The van der Waals surface area contributed by atoms with Crippen molar-refractivity contribution in [2.24, 2.45) is 0 Å². The average Bonchev–Trinajstić information content (AvgIpc) is 3.34. The molecule has 1 aliphatic heterocycles. The molecule has 1 aliphatic rings. The van der Waals surface area contributed by atoms with E-state index in [-0.39, 0.29) is 11.9 Å². The summed E-state index contributed by atoms with van der Waals surface area (Å²) in [6.45, 7) is 8.27. The summed E-state index contributed by atoms with van der Waals surface area (Å²) in [7, 11) is 0. The van der Waals surface area contributed by atoms with Crippen molar-refractivity contribution >= 4 is 16.9 Å². The van der Waals surface area contributed by atoms with Gasteiger partial charge in [-0.25, -0.2) is 4.98 Å². The number of carbonyl (C=O) groups excluding carboxylic acids is 1. The van der Waals surface area contributed by atoms with E-state index >= 15 is 0 Å². The van der Waals surface area contributed by atoms with Crippen LogP contribution in [0.15, 0.2) is 42.5 Å². The maximum Gasteiger partial charge on any atom is 0.220 e. The number of ether oxygens (including phenoxy) is 1. The zero-order chi connectivity index (χ0) is 21.1. The van der Waals surface area contributed by atoms with Gasteiger partial charge in [0.1, 0.15) is 11.6 Å². The van der Waals surface area contributed by atoms with Crippen LogP contribution in [-0.4, -0.2) is 33.5 Å². The number of aromatic nitrogens is 2. The number of amides is 1. The van der Waals surface area contributed by atoms with Crippen molar-refractivity contribution in [2.45, 2.75) is 59.0 Å². The molecule has 0 spiro atoms. The number of nitrogens with zero attached hydrogens (tertiary/aromatic N) is 3. The molecule has 1 atom stereocenters. The number of unbranched alkanes of at least 4 members (excludes halogenated alkanes) is 1. The van der Waals surface area contributed by atoms with Gasteiger partial charge in [0.15, 0.2) is 0 Å². The SMILES string of the molecule is CC(=O)N1CCC[C@H]1c1nc2ccccc2n1CCCCOc1ccc(C)cc1C. The smallest absolute Gasteiger partial charge is 0.220 e. The highest BCUT2D eigenvalue weighted by Crippen LogP contribution is 2.33. The molecule has 4 rings (SSSR count). The van der Waals surface area contributed by atoms with Gasteiger partial charge in [0, 0.05) is 20.0 Å². The van der Waals surface area contributed by atoms with Gasteiger partial charge in [-0.3, -0.25) is 4.79 Å². The second kappa shape index (κ2) is 8.90. The monoisotopic (exact) mass is 405 g/mol. The highest BCUT2D eigenvalue weighted by Gasteiger charge is 2.31. The van der Waals surface area contributed by atoms with Crippen molar-refractivity contribution in [3.63, 3.8) is 0 Å². The summed E-state index contributed by atoms with van der Waals surface area (Å²) in [6.07, 6.45) is 4.00. The minimum absolute atomic E-state index is 0.0846. The minimum atomic E-state index is 0.0846. The van der Waals surface area contributed by atoms with Gasteiger partial charge in [-0.05, 0) is 63.3 Å². The van der Waals surface area contributed by atoms with E-state index in [1.165, 1.54) is 11.1 Å². The average molecular weight is 406 g/mol.